The van der Waals surface area contributed by atoms with Gasteiger partial charge in [-0.05, 0) is 130 Å². The second-order valence-electron chi connectivity index (χ2n) is 23.8. The molecule has 480 valence electrons. The molecule has 6 aromatic carbocycles. The van der Waals surface area contributed by atoms with Crippen LogP contribution in [0.4, 0.5) is 13.2 Å². The smallest absolute Gasteiger partial charge is 0.274 e. The fourth-order valence-corrected chi connectivity index (χ4v) is 12.2. The molecule has 6 atom stereocenters. The number of aromatic nitrogens is 6. The van der Waals surface area contributed by atoms with Crippen molar-refractivity contribution in [3.05, 3.63) is 214 Å². The van der Waals surface area contributed by atoms with Crippen molar-refractivity contribution in [3.8, 4) is 69.1 Å². The third-order valence-corrected chi connectivity index (χ3v) is 17.7. The lowest BCUT2D eigenvalue weighted by atomic mass is 10.1. The van der Waals surface area contributed by atoms with E-state index in [0.29, 0.717) is 35.1 Å². The van der Waals surface area contributed by atoms with Gasteiger partial charge >= 0.3 is 0 Å². The van der Waals surface area contributed by atoms with Crippen molar-refractivity contribution in [1.82, 2.24) is 45.9 Å². The molecular weight excluding hydrogens is 1270 g/mol. The van der Waals surface area contributed by atoms with E-state index in [0.717, 1.165) is 113 Å². The topological polar surface area (TPSA) is 220 Å². The van der Waals surface area contributed by atoms with Gasteiger partial charge < -0.3 is 44.4 Å². The van der Waals surface area contributed by atoms with E-state index >= 15 is 0 Å². The summed E-state index contributed by atoms with van der Waals surface area (Å²) >= 11 is 3.44. The SMILES string of the molecule is Cc1ccc(-c2nc3c(c(C(=O)NCc4ccc(F)cc4)n2)O[C@H]2CCC[C@H]2O3)cc1.Cc1ccc(-c2nc3c(c(C(=O)NCc4ccc(F)cc4)n2)O[C@H]2CCC[C@H]2O3)cc1.O=C(NCc1ccc(F)cc1)c1nc(-c2ccc(CBr)cc2)nc2c1O[C@H]1CCC[C@H]1O2. The summed E-state index contributed by atoms with van der Waals surface area (Å²) in [6.07, 6.45) is 7.90. The molecule has 3 fully saturated rings. The molecule has 3 N–H and O–H groups in total. The minimum atomic E-state index is -0.397. The lowest BCUT2D eigenvalue weighted by Crippen LogP contribution is -2.37. The molecule has 6 aliphatic rings. The molecule has 0 bridgehead atoms. The highest BCUT2D eigenvalue weighted by atomic mass is 79.9. The lowest BCUT2D eigenvalue weighted by Gasteiger charge is -2.29. The van der Waals surface area contributed by atoms with Crippen molar-refractivity contribution < 1.29 is 56.0 Å². The van der Waals surface area contributed by atoms with Crippen molar-refractivity contribution in [2.45, 2.75) is 133 Å². The standard InChI is InChI=1S/C24H21BrFN3O3.2C24H22FN3O3/c25-12-14-4-8-16(9-5-14)22-28-20(23(30)27-13-15-6-10-17(26)11-7-15)21-24(29-22)32-19-3-1-2-18(19)31-21;2*1-14-5-9-16(10-6-14)22-27-20(23(29)26-13-15-7-11-17(25)12-8-15)21-24(28-22)31-19-4-2-3-18(19)30-21/h4-11,18-19H,1-3,12-13H2,(H,27,30);2*5-12,18-19H,2-4,13H2,1H3,(H,26,29)/t3*18-,19+/m000/s1. The van der Waals surface area contributed by atoms with Crippen LogP contribution in [0.2, 0.25) is 0 Å². The van der Waals surface area contributed by atoms with E-state index in [9.17, 15) is 27.6 Å². The first-order valence-corrected chi connectivity index (χ1v) is 32.5. The van der Waals surface area contributed by atoms with Gasteiger partial charge in [0.1, 0.15) is 54.1 Å². The molecule has 18 nitrogen and oxygen atoms in total. The van der Waals surface area contributed by atoms with Crippen molar-refractivity contribution in [1.29, 1.82) is 0 Å². The van der Waals surface area contributed by atoms with E-state index in [4.69, 9.17) is 28.4 Å². The van der Waals surface area contributed by atoms with Gasteiger partial charge in [-0.1, -0.05) is 136 Å². The summed E-state index contributed by atoms with van der Waals surface area (Å²) in [5.74, 6) is 0.844. The van der Waals surface area contributed by atoms with Gasteiger partial charge in [0.2, 0.25) is 17.2 Å². The Balaban J connectivity index is 0.000000128. The molecule has 15 rings (SSSR count). The van der Waals surface area contributed by atoms with Crippen LogP contribution in [0, 0.1) is 31.3 Å². The average Bonchev–Trinajstić information content (AvgIpc) is 1.17. The minimum absolute atomic E-state index is 0.0524. The summed E-state index contributed by atoms with van der Waals surface area (Å²) in [5, 5.41) is 9.28. The van der Waals surface area contributed by atoms with Gasteiger partial charge in [0.25, 0.3) is 35.4 Å². The molecule has 6 heterocycles. The first-order valence-electron chi connectivity index (χ1n) is 31.4. The number of hydrogen-bond acceptors (Lipinski definition) is 15. The van der Waals surface area contributed by atoms with Crippen LogP contribution in [0.25, 0.3) is 34.2 Å². The zero-order valence-corrected chi connectivity index (χ0v) is 53.0. The third-order valence-electron chi connectivity index (χ3n) is 17.0. The molecule has 3 aromatic heterocycles. The second-order valence-corrected chi connectivity index (χ2v) is 24.4. The molecule has 3 aliphatic heterocycles. The van der Waals surface area contributed by atoms with E-state index in [1.54, 1.807) is 36.4 Å². The summed E-state index contributed by atoms with van der Waals surface area (Å²) in [6, 6.07) is 41.3. The summed E-state index contributed by atoms with van der Waals surface area (Å²) in [5.41, 5.74) is 8.49. The van der Waals surface area contributed by atoms with Crippen molar-refractivity contribution in [3.63, 3.8) is 0 Å². The molecule has 3 aliphatic carbocycles. The zero-order chi connectivity index (χ0) is 64.8. The van der Waals surface area contributed by atoms with E-state index in [2.05, 4.69) is 61.8 Å². The number of nitrogens with zero attached hydrogens (tertiary/aromatic N) is 6. The molecule has 3 amide bonds. The van der Waals surface area contributed by atoms with Gasteiger partial charge in [0, 0.05) is 41.7 Å². The Labute approximate surface area is 548 Å². The normalized spacial score (nSPS) is 19.0. The van der Waals surface area contributed by atoms with Gasteiger partial charge in [-0.2, -0.15) is 15.0 Å². The van der Waals surface area contributed by atoms with E-state index in [1.165, 1.54) is 36.4 Å². The number of alkyl halides is 1. The van der Waals surface area contributed by atoms with E-state index in [-0.39, 0.29) is 108 Å². The maximum absolute atomic E-state index is 13.2. The Hall–Kier alpha value is -9.96. The molecule has 0 spiro atoms. The van der Waals surface area contributed by atoms with E-state index in [1.807, 2.05) is 86.6 Å². The average molecular weight is 1340 g/mol. The fourth-order valence-electron chi connectivity index (χ4n) is 11.8. The number of hydrogen-bond donors (Lipinski definition) is 3. The summed E-state index contributed by atoms with van der Waals surface area (Å²) in [6.45, 7) is 4.72. The van der Waals surface area contributed by atoms with Gasteiger partial charge in [0.15, 0.2) is 34.6 Å². The maximum Gasteiger partial charge on any atom is 0.274 e. The largest absolute Gasteiger partial charge is 0.479 e. The monoisotopic (exact) mass is 1340 g/mol. The number of halogens is 4. The number of nitrogens with one attached hydrogen (secondary N) is 3. The van der Waals surface area contributed by atoms with E-state index < -0.39 is 17.7 Å². The van der Waals surface area contributed by atoms with Crippen LogP contribution in [-0.4, -0.2) is 84.2 Å². The number of aryl methyl sites for hydroxylation is 2. The molecule has 3 saturated carbocycles. The zero-order valence-electron chi connectivity index (χ0n) is 51.4. The summed E-state index contributed by atoms with van der Waals surface area (Å²) < 4.78 is 76.2. The molecule has 0 radical (unpaired) electrons. The van der Waals surface area contributed by atoms with Crippen LogP contribution < -0.4 is 44.4 Å². The van der Waals surface area contributed by atoms with Gasteiger partial charge in [-0.3, -0.25) is 14.4 Å². The first kappa shape index (κ1) is 62.8. The number of fused-ring (bicyclic) bond motifs is 6. The van der Waals surface area contributed by atoms with Crippen LogP contribution in [-0.2, 0) is 25.0 Å². The predicted molar refractivity (Wildman–Crippen MR) is 345 cm³/mol. The number of carbonyl (C=O) groups excluding carboxylic acids is 3. The predicted octanol–water partition coefficient (Wildman–Crippen LogP) is 13.2. The lowest BCUT2D eigenvalue weighted by molar-refractivity contribution is 0.0362. The number of ether oxygens (including phenoxy) is 6. The number of benzene rings is 6. The van der Waals surface area contributed by atoms with Gasteiger partial charge in [0.05, 0.1) is 0 Å². The summed E-state index contributed by atoms with van der Waals surface area (Å²) in [7, 11) is 0. The van der Waals surface area contributed by atoms with Crippen LogP contribution in [0.3, 0.4) is 0 Å². The number of carbonyl (C=O) groups is 3. The highest BCUT2D eigenvalue weighted by Crippen LogP contribution is 2.44. The van der Waals surface area contributed by atoms with Crippen LogP contribution in [0.15, 0.2) is 146 Å². The Morgan fingerprint density at radius 3 is 0.904 bits per heavy atom. The molecule has 9 aromatic rings. The highest BCUT2D eigenvalue weighted by molar-refractivity contribution is 9.08. The van der Waals surface area contributed by atoms with Crippen LogP contribution in [0.5, 0.6) is 34.9 Å². The number of amides is 3. The van der Waals surface area contributed by atoms with Crippen molar-refractivity contribution >= 4 is 33.7 Å². The minimum Gasteiger partial charge on any atom is -0.479 e. The van der Waals surface area contributed by atoms with Crippen LogP contribution in [0.1, 0.15) is 123 Å². The van der Waals surface area contributed by atoms with Crippen LogP contribution >= 0.6 is 15.9 Å². The van der Waals surface area contributed by atoms with Gasteiger partial charge in [-0.15, -0.1) is 0 Å². The van der Waals surface area contributed by atoms with Crippen molar-refractivity contribution in [2.24, 2.45) is 0 Å². The number of rotatable bonds is 13. The Kier molecular flexibility index (Phi) is 18.8. The second kappa shape index (κ2) is 28.1. The maximum atomic E-state index is 13.2. The first-order chi connectivity index (χ1) is 45.7. The highest BCUT2D eigenvalue weighted by Gasteiger charge is 2.42. The molecule has 0 unspecified atom stereocenters. The molecule has 0 saturated heterocycles. The van der Waals surface area contributed by atoms with Gasteiger partial charge in [-0.25, -0.2) is 28.1 Å². The fraction of sp³-hybridized carbons (Fsp3) is 0.292. The molecule has 22 heteroatoms. The Morgan fingerprint density at radius 2 is 0.628 bits per heavy atom. The molecule has 94 heavy (non-hydrogen) atoms. The van der Waals surface area contributed by atoms with Crippen molar-refractivity contribution in [2.75, 3.05) is 0 Å². The molecular formula is C72H65BrF3N9O9. The third kappa shape index (κ3) is 14.5. The summed E-state index contributed by atoms with van der Waals surface area (Å²) in [4.78, 5) is 66.6. The quantitative estimate of drug-likeness (QED) is 0.0914. The Bertz CT molecular complexity index is 4050. The Morgan fingerprint density at radius 1 is 0.372 bits per heavy atom.